The standard InChI is InChI=1S/C19H20N6O2S/c1-14-17(23-28-22-14)13-27-16-5-2-4-15(12-16)18(26)24-8-10-25(11-9-24)19-20-6-3-7-21-19/h2-7,12H,8-11,13H2,1H3. The van der Waals surface area contributed by atoms with Gasteiger partial charge in [-0.1, -0.05) is 6.07 Å². The molecule has 0 atom stereocenters. The number of ether oxygens (including phenoxy) is 1. The van der Waals surface area contributed by atoms with Crippen LogP contribution >= 0.6 is 11.7 Å². The van der Waals surface area contributed by atoms with E-state index in [9.17, 15) is 4.79 Å². The molecule has 0 bridgehead atoms. The molecule has 0 aliphatic carbocycles. The first-order valence-corrected chi connectivity index (χ1v) is 9.76. The number of carbonyl (C=O) groups is 1. The molecule has 8 nitrogen and oxygen atoms in total. The second-order valence-corrected chi connectivity index (χ2v) is 6.97. The number of anilines is 1. The van der Waals surface area contributed by atoms with Gasteiger partial charge in [-0.15, -0.1) is 0 Å². The van der Waals surface area contributed by atoms with Crippen molar-refractivity contribution in [2.24, 2.45) is 0 Å². The van der Waals surface area contributed by atoms with Crippen LogP contribution in [0.1, 0.15) is 21.7 Å². The minimum atomic E-state index is 0.00517. The Morgan fingerprint density at radius 1 is 1.11 bits per heavy atom. The third-order valence-electron chi connectivity index (χ3n) is 4.60. The van der Waals surface area contributed by atoms with Crippen LogP contribution in [0.15, 0.2) is 42.7 Å². The number of aromatic nitrogens is 4. The molecule has 0 radical (unpaired) electrons. The van der Waals surface area contributed by atoms with E-state index in [-0.39, 0.29) is 5.91 Å². The summed E-state index contributed by atoms with van der Waals surface area (Å²) in [6, 6.07) is 9.08. The van der Waals surface area contributed by atoms with Gasteiger partial charge in [0.25, 0.3) is 5.91 Å². The average Bonchev–Trinajstić information content (AvgIpc) is 3.17. The molecule has 1 amide bonds. The third kappa shape index (κ3) is 4.09. The predicted octanol–water partition coefficient (Wildman–Crippen LogP) is 2.18. The molecule has 0 N–H and O–H groups in total. The Kier molecular flexibility index (Phi) is 5.43. The summed E-state index contributed by atoms with van der Waals surface area (Å²) in [7, 11) is 0. The van der Waals surface area contributed by atoms with Gasteiger partial charge in [-0.25, -0.2) is 9.97 Å². The molecule has 1 saturated heterocycles. The highest BCUT2D eigenvalue weighted by molar-refractivity contribution is 6.99. The molecule has 28 heavy (non-hydrogen) atoms. The number of amides is 1. The Morgan fingerprint density at radius 3 is 2.61 bits per heavy atom. The van der Waals surface area contributed by atoms with Gasteiger partial charge in [0, 0.05) is 44.1 Å². The van der Waals surface area contributed by atoms with Crippen molar-refractivity contribution in [3.05, 3.63) is 59.7 Å². The fourth-order valence-corrected chi connectivity index (χ4v) is 3.55. The smallest absolute Gasteiger partial charge is 0.254 e. The molecule has 3 aromatic rings. The summed E-state index contributed by atoms with van der Waals surface area (Å²) in [5.41, 5.74) is 2.31. The first kappa shape index (κ1) is 18.3. The lowest BCUT2D eigenvalue weighted by atomic mass is 10.1. The summed E-state index contributed by atoms with van der Waals surface area (Å²) in [6.07, 6.45) is 3.46. The lowest BCUT2D eigenvalue weighted by molar-refractivity contribution is 0.0745. The molecule has 1 aliphatic rings. The molecule has 9 heteroatoms. The second kappa shape index (κ2) is 8.30. The molecule has 1 fully saturated rings. The van der Waals surface area contributed by atoms with Crippen molar-refractivity contribution in [3.8, 4) is 5.75 Å². The van der Waals surface area contributed by atoms with Crippen molar-refractivity contribution in [1.29, 1.82) is 0 Å². The summed E-state index contributed by atoms with van der Waals surface area (Å²) >= 11 is 1.17. The van der Waals surface area contributed by atoms with Crippen LogP contribution in [-0.2, 0) is 6.61 Å². The van der Waals surface area contributed by atoms with E-state index < -0.39 is 0 Å². The van der Waals surface area contributed by atoms with Crippen LogP contribution in [0.4, 0.5) is 5.95 Å². The van der Waals surface area contributed by atoms with Crippen molar-refractivity contribution >= 4 is 23.6 Å². The molecule has 0 unspecified atom stereocenters. The van der Waals surface area contributed by atoms with Crippen molar-refractivity contribution < 1.29 is 9.53 Å². The topological polar surface area (TPSA) is 84.3 Å². The fraction of sp³-hybridized carbons (Fsp3) is 0.316. The third-order valence-corrected chi connectivity index (χ3v) is 5.26. The number of hydrogen-bond acceptors (Lipinski definition) is 8. The molecular weight excluding hydrogens is 376 g/mol. The Bertz CT molecular complexity index is 940. The van der Waals surface area contributed by atoms with Crippen LogP contribution in [0.2, 0.25) is 0 Å². The van der Waals surface area contributed by atoms with E-state index in [2.05, 4.69) is 23.6 Å². The highest BCUT2D eigenvalue weighted by atomic mass is 32.1. The fourth-order valence-electron chi connectivity index (χ4n) is 3.00. The van der Waals surface area contributed by atoms with Gasteiger partial charge in [-0.2, -0.15) is 8.75 Å². The highest BCUT2D eigenvalue weighted by Crippen LogP contribution is 2.18. The quantitative estimate of drug-likeness (QED) is 0.653. The molecular formula is C19H20N6O2S. The summed E-state index contributed by atoms with van der Waals surface area (Å²) < 4.78 is 14.1. The van der Waals surface area contributed by atoms with E-state index in [4.69, 9.17) is 4.74 Å². The minimum absolute atomic E-state index is 0.00517. The predicted molar refractivity (Wildman–Crippen MR) is 106 cm³/mol. The molecule has 144 valence electrons. The van der Waals surface area contributed by atoms with Gasteiger partial charge < -0.3 is 14.5 Å². The Balaban J connectivity index is 1.36. The number of hydrogen-bond donors (Lipinski definition) is 0. The molecule has 1 aromatic carbocycles. The maximum atomic E-state index is 12.9. The van der Waals surface area contributed by atoms with Gasteiger partial charge in [-0.3, -0.25) is 4.79 Å². The molecule has 3 heterocycles. The zero-order valence-corrected chi connectivity index (χ0v) is 16.3. The van der Waals surface area contributed by atoms with Crippen LogP contribution in [-0.4, -0.2) is 55.7 Å². The second-order valence-electron chi connectivity index (χ2n) is 6.44. The van der Waals surface area contributed by atoms with Crippen LogP contribution in [0.5, 0.6) is 5.75 Å². The molecule has 0 saturated carbocycles. The van der Waals surface area contributed by atoms with Crippen LogP contribution in [0.25, 0.3) is 0 Å². The largest absolute Gasteiger partial charge is 0.487 e. The molecule has 4 rings (SSSR count). The van der Waals surface area contributed by atoms with Crippen LogP contribution in [0.3, 0.4) is 0 Å². The Hall–Kier alpha value is -3.07. The SMILES string of the molecule is Cc1nsnc1COc1cccc(C(=O)N2CCN(c3ncccn3)CC2)c1. The number of nitrogens with zero attached hydrogens (tertiary/aromatic N) is 6. The van der Waals surface area contributed by atoms with Gasteiger partial charge in [0.1, 0.15) is 18.1 Å². The van der Waals surface area contributed by atoms with Crippen molar-refractivity contribution in [3.63, 3.8) is 0 Å². The first-order valence-electron chi connectivity index (χ1n) is 9.03. The summed E-state index contributed by atoms with van der Waals surface area (Å²) in [5.74, 6) is 1.36. The first-order chi connectivity index (χ1) is 13.7. The molecule has 2 aromatic heterocycles. The Morgan fingerprint density at radius 2 is 1.89 bits per heavy atom. The normalized spacial score (nSPS) is 14.2. The van der Waals surface area contributed by atoms with Gasteiger partial charge in [0.15, 0.2) is 0 Å². The van der Waals surface area contributed by atoms with Crippen molar-refractivity contribution in [1.82, 2.24) is 23.6 Å². The average molecular weight is 396 g/mol. The number of aryl methyl sites for hydroxylation is 1. The monoisotopic (exact) mass is 396 g/mol. The maximum absolute atomic E-state index is 12.9. The van der Waals surface area contributed by atoms with E-state index in [1.165, 1.54) is 11.7 Å². The zero-order chi connectivity index (χ0) is 19.3. The molecule has 0 spiro atoms. The lowest BCUT2D eigenvalue weighted by Gasteiger charge is -2.34. The summed E-state index contributed by atoms with van der Waals surface area (Å²) in [6.45, 7) is 4.93. The zero-order valence-electron chi connectivity index (χ0n) is 15.5. The van der Waals surface area contributed by atoms with Gasteiger partial charge in [0.05, 0.1) is 17.4 Å². The van der Waals surface area contributed by atoms with Crippen molar-refractivity contribution in [2.75, 3.05) is 31.1 Å². The van der Waals surface area contributed by atoms with Gasteiger partial charge in [-0.05, 0) is 31.2 Å². The van der Waals surface area contributed by atoms with Crippen LogP contribution in [0, 0.1) is 6.92 Å². The number of piperazine rings is 1. The van der Waals surface area contributed by atoms with Crippen LogP contribution < -0.4 is 9.64 Å². The van der Waals surface area contributed by atoms with E-state index >= 15 is 0 Å². The summed E-state index contributed by atoms with van der Waals surface area (Å²) in [4.78, 5) is 25.4. The number of carbonyl (C=O) groups excluding carboxylic acids is 1. The van der Waals surface area contributed by atoms with Crippen molar-refractivity contribution in [2.45, 2.75) is 13.5 Å². The highest BCUT2D eigenvalue weighted by Gasteiger charge is 2.23. The van der Waals surface area contributed by atoms with E-state index in [1.807, 2.05) is 30.0 Å². The van der Waals surface area contributed by atoms with E-state index in [0.29, 0.717) is 50.0 Å². The maximum Gasteiger partial charge on any atom is 0.254 e. The van der Waals surface area contributed by atoms with Gasteiger partial charge in [0.2, 0.25) is 5.95 Å². The number of benzene rings is 1. The number of rotatable bonds is 5. The summed E-state index contributed by atoms with van der Waals surface area (Å²) in [5, 5.41) is 0. The Labute approximate surface area is 167 Å². The van der Waals surface area contributed by atoms with Gasteiger partial charge >= 0.3 is 0 Å². The minimum Gasteiger partial charge on any atom is -0.487 e. The van der Waals surface area contributed by atoms with E-state index in [0.717, 1.165) is 11.4 Å². The molecule has 1 aliphatic heterocycles. The van der Waals surface area contributed by atoms with E-state index in [1.54, 1.807) is 24.5 Å². The lowest BCUT2D eigenvalue weighted by Crippen LogP contribution is -2.49.